The number of ether oxygens (including phenoxy) is 1. The van der Waals surface area contributed by atoms with Gasteiger partial charge in [0.1, 0.15) is 5.75 Å². The zero-order valence-corrected chi connectivity index (χ0v) is 9.40. The molecule has 0 unspecified atom stereocenters. The summed E-state index contributed by atoms with van der Waals surface area (Å²) in [5, 5.41) is 0. The second-order valence-electron chi connectivity index (χ2n) is 2.53. The van der Waals surface area contributed by atoms with Crippen molar-refractivity contribution in [1.82, 2.24) is 0 Å². The average Bonchev–Trinajstić information content (AvgIpc) is 2.19. The van der Waals surface area contributed by atoms with Crippen LogP contribution >= 0.6 is 22.6 Å². The minimum atomic E-state index is -3.02. The molecule has 0 aliphatic heterocycles. The lowest BCUT2D eigenvalue weighted by Crippen LogP contribution is -2.05. The number of carbonyl (C=O) groups is 2. The lowest BCUT2D eigenvalue weighted by atomic mass is 10.1. The summed E-state index contributed by atoms with van der Waals surface area (Å²) in [6.07, 6.45) is 0.906. The van der Waals surface area contributed by atoms with Crippen molar-refractivity contribution in [3.8, 4) is 5.75 Å². The van der Waals surface area contributed by atoms with Crippen molar-refractivity contribution >= 4 is 35.2 Å². The predicted octanol–water partition coefficient (Wildman–Crippen LogP) is 2.52. The highest BCUT2D eigenvalue weighted by Gasteiger charge is 2.12. The molecule has 0 amide bonds. The number of benzene rings is 1. The highest BCUT2D eigenvalue weighted by atomic mass is 127. The van der Waals surface area contributed by atoms with E-state index < -0.39 is 6.61 Å². The maximum atomic E-state index is 11.9. The highest BCUT2D eigenvalue weighted by molar-refractivity contribution is 14.1. The maximum Gasteiger partial charge on any atom is 0.387 e. The third-order valence-electron chi connectivity index (χ3n) is 1.60. The quantitative estimate of drug-likeness (QED) is 0.631. The van der Waals surface area contributed by atoms with Crippen LogP contribution < -0.4 is 4.74 Å². The van der Waals surface area contributed by atoms with Crippen LogP contribution in [-0.2, 0) is 0 Å². The average molecular weight is 326 g/mol. The van der Waals surface area contributed by atoms with Gasteiger partial charge in [-0.3, -0.25) is 9.59 Å². The monoisotopic (exact) mass is 326 g/mol. The first kappa shape index (κ1) is 12.0. The highest BCUT2D eigenvalue weighted by Crippen LogP contribution is 2.24. The van der Waals surface area contributed by atoms with Gasteiger partial charge in [0.25, 0.3) is 0 Å². The normalized spacial score (nSPS) is 10.1. The van der Waals surface area contributed by atoms with Gasteiger partial charge in [0.15, 0.2) is 12.6 Å². The third-order valence-corrected chi connectivity index (χ3v) is 2.53. The van der Waals surface area contributed by atoms with Gasteiger partial charge in [-0.1, -0.05) is 0 Å². The van der Waals surface area contributed by atoms with Gasteiger partial charge < -0.3 is 4.74 Å². The number of alkyl halides is 2. The van der Waals surface area contributed by atoms with E-state index in [2.05, 4.69) is 4.74 Å². The lowest BCUT2D eigenvalue weighted by molar-refractivity contribution is -0.0501. The van der Waals surface area contributed by atoms with Crippen molar-refractivity contribution in [2.75, 3.05) is 0 Å². The largest absolute Gasteiger partial charge is 0.434 e. The summed E-state index contributed by atoms with van der Waals surface area (Å²) in [5.74, 6) is -0.289. The van der Waals surface area contributed by atoms with Crippen molar-refractivity contribution in [2.24, 2.45) is 0 Å². The number of rotatable bonds is 4. The fourth-order valence-electron chi connectivity index (χ4n) is 0.965. The molecule has 3 nitrogen and oxygen atoms in total. The molecule has 6 heteroatoms. The molecular formula is C9H5F2IO3. The van der Waals surface area contributed by atoms with E-state index in [9.17, 15) is 18.4 Å². The molecule has 0 radical (unpaired) electrons. The van der Waals surface area contributed by atoms with E-state index in [1.807, 2.05) is 22.6 Å². The van der Waals surface area contributed by atoms with Gasteiger partial charge in [-0.25, -0.2) is 0 Å². The summed E-state index contributed by atoms with van der Waals surface area (Å²) < 4.78 is 28.5. The molecule has 0 atom stereocenters. The molecular weight excluding hydrogens is 321 g/mol. The molecule has 0 aromatic heterocycles. The minimum absolute atomic E-state index is 0.00898. The summed E-state index contributed by atoms with van der Waals surface area (Å²) in [7, 11) is 0. The summed E-state index contributed by atoms with van der Waals surface area (Å²) in [6.45, 7) is -3.02. The zero-order valence-electron chi connectivity index (χ0n) is 7.25. The molecule has 15 heavy (non-hydrogen) atoms. The lowest BCUT2D eigenvalue weighted by Gasteiger charge is -2.08. The van der Waals surface area contributed by atoms with Gasteiger partial charge in [-0.2, -0.15) is 8.78 Å². The first-order valence-electron chi connectivity index (χ1n) is 3.77. The first-order chi connectivity index (χ1) is 7.08. The van der Waals surface area contributed by atoms with Gasteiger partial charge in [0.05, 0.1) is 5.56 Å². The van der Waals surface area contributed by atoms with Crippen LogP contribution in [0.25, 0.3) is 0 Å². The van der Waals surface area contributed by atoms with E-state index in [0.29, 0.717) is 16.1 Å². The number of halogens is 3. The molecule has 0 bridgehead atoms. The van der Waals surface area contributed by atoms with Crippen molar-refractivity contribution in [2.45, 2.75) is 6.61 Å². The van der Waals surface area contributed by atoms with E-state index in [1.165, 1.54) is 6.07 Å². The van der Waals surface area contributed by atoms with E-state index in [4.69, 9.17) is 0 Å². The Morgan fingerprint density at radius 3 is 2.27 bits per heavy atom. The standard InChI is InChI=1S/C9H5F2IO3/c10-9(11)15-8-2-5(3-13)7(12)1-6(8)4-14/h1-4,9H. The topological polar surface area (TPSA) is 43.4 Å². The summed E-state index contributed by atoms with van der Waals surface area (Å²) in [6, 6.07) is 2.43. The Hall–Kier alpha value is -1.05. The second-order valence-corrected chi connectivity index (χ2v) is 3.69. The Morgan fingerprint density at radius 2 is 1.80 bits per heavy atom. The number of hydrogen-bond donors (Lipinski definition) is 0. The molecule has 0 fully saturated rings. The smallest absolute Gasteiger partial charge is 0.387 e. The van der Waals surface area contributed by atoms with Crippen molar-refractivity contribution < 1.29 is 23.1 Å². The second kappa shape index (κ2) is 5.15. The SMILES string of the molecule is O=Cc1cc(OC(F)F)c(C=O)cc1I. The van der Waals surface area contributed by atoms with Crippen LogP contribution in [-0.4, -0.2) is 19.2 Å². The first-order valence-corrected chi connectivity index (χ1v) is 4.85. The Kier molecular flexibility index (Phi) is 4.13. The Labute approximate surface area is 97.6 Å². The predicted molar refractivity (Wildman–Crippen MR) is 56.6 cm³/mol. The molecule has 0 saturated heterocycles. The van der Waals surface area contributed by atoms with Gasteiger partial charge in [0.2, 0.25) is 0 Å². The van der Waals surface area contributed by atoms with Gasteiger partial charge in [-0.05, 0) is 34.7 Å². The molecule has 0 spiro atoms. The van der Waals surface area contributed by atoms with Crippen LogP contribution in [0.5, 0.6) is 5.75 Å². The fourth-order valence-corrected chi connectivity index (χ4v) is 1.58. The van der Waals surface area contributed by atoms with Gasteiger partial charge in [0, 0.05) is 9.13 Å². The van der Waals surface area contributed by atoms with Crippen molar-refractivity contribution in [3.63, 3.8) is 0 Å². The summed E-state index contributed by atoms with van der Waals surface area (Å²) in [5.41, 5.74) is 0.196. The Bertz CT molecular complexity index is 393. The van der Waals surface area contributed by atoms with Crippen LogP contribution in [0.1, 0.15) is 20.7 Å². The number of hydrogen-bond acceptors (Lipinski definition) is 3. The molecule has 0 aliphatic carbocycles. The molecule has 0 aliphatic rings. The molecule has 1 aromatic rings. The van der Waals surface area contributed by atoms with Gasteiger partial charge >= 0.3 is 6.61 Å². The Balaban J connectivity index is 3.22. The van der Waals surface area contributed by atoms with Crippen LogP contribution in [0.4, 0.5) is 8.78 Å². The maximum absolute atomic E-state index is 11.9. The minimum Gasteiger partial charge on any atom is -0.434 e. The molecule has 0 N–H and O–H groups in total. The van der Waals surface area contributed by atoms with Crippen LogP contribution in [0.2, 0.25) is 0 Å². The molecule has 0 saturated carbocycles. The zero-order chi connectivity index (χ0) is 11.4. The third kappa shape index (κ3) is 2.95. The van der Waals surface area contributed by atoms with Crippen LogP contribution in [0.15, 0.2) is 12.1 Å². The summed E-state index contributed by atoms with van der Waals surface area (Å²) >= 11 is 1.83. The van der Waals surface area contributed by atoms with E-state index in [0.717, 1.165) is 6.07 Å². The summed E-state index contributed by atoms with van der Waals surface area (Å²) in [4.78, 5) is 21.1. The van der Waals surface area contributed by atoms with E-state index in [-0.39, 0.29) is 16.9 Å². The number of aldehydes is 2. The van der Waals surface area contributed by atoms with Crippen molar-refractivity contribution in [1.29, 1.82) is 0 Å². The molecule has 80 valence electrons. The van der Waals surface area contributed by atoms with Gasteiger partial charge in [-0.15, -0.1) is 0 Å². The van der Waals surface area contributed by atoms with Crippen LogP contribution in [0, 0.1) is 3.57 Å². The van der Waals surface area contributed by atoms with E-state index >= 15 is 0 Å². The molecule has 0 heterocycles. The van der Waals surface area contributed by atoms with E-state index in [1.54, 1.807) is 0 Å². The molecule has 1 rings (SSSR count). The Morgan fingerprint density at radius 1 is 1.20 bits per heavy atom. The fraction of sp³-hybridized carbons (Fsp3) is 0.111. The van der Waals surface area contributed by atoms with Crippen LogP contribution in [0.3, 0.4) is 0 Å². The molecule has 1 aromatic carbocycles. The number of carbonyl (C=O) groups excluding carboxylic acids is 2. The van der Waals surface area contributed by atoms with Crippen molar-refractivity contribution in [3.05, 3.63) is 26.8 Å².